The van der Waals surface area contributed by atoms with E-state index in [1.54, 1.807) is 82.4 Å². The van der Waals surface area contributed by atoms with Crippen molar-refractivity contribution in [3.05, 3.63) is 60.4 Å². The molecule has 2 N–H and O–H groups in total. The minimum absolute atomic E-state index is 0.0772. The van der Waals surface area contributed by atoms with Gasteiger partial charge in [-0.2, -0.15) is 0 Å². The van der Waals surface area contributed by atoms with Crippen LogP contribution in [0.1, 0.15) is 40.3 Å². The Balaban J connectivity index is 1.66. The van der Waals surface area contributed by atoms with Gasteiger partial charge in [-0.1, -0.05) is 6.07 Å². The molecule has 202 valence electrons. The molecule has 3 aromatic rings. The Labute approximate surface area is 223 Å². The fourth-order valence-electron chi connectivity index (χ4n) is 4.24. The van der Waals surface area contributed by atoms with Gasteiger partial charge in [0.15, 0.2) is 15.7 Å². The molecule has 3 heterocycles. The fraction of sp³-hybridized carbons (Fsp3) is 0.407. The summed E-state index contributed by atoms with van der Waals surface area (Å²) >= 11 is 0. The highest BCUT2D eigenvalue weighted by Gasteiger charge is 2.40. The Morgan fingerprint density at radius 3 is 2.47 bits per heavy atom. The van der Waals surface area contributed by atoms with Gasteiger partial charge in [-0.3, -0.25) is 5.32 Å². The van der Waals surface area contributed by atoms with Gasteiger partial charge in [0, 0.05) is 30.1 Å². The second-order valence-corrected chi connectivity index (χ2v) is 13.1. The van der Waals surface area contributed by atoms with Gasteiger partial charge in [-0.15, -0.1) is 0 Å². The third kappa shape index (κ3) is 5.78. The molecule has 4 rings (SSSR count). The molecule has 0 radical (unpaired) electrons. The number of hydrogen-bond donors (Lipinski definition) is 2. The van der Waals surface area contributed by atoms with Crippen molar-refractivity contribution in [3.8, 4) is 11.4 Å². The van der Waals surface area contributed by atoms with E-state index in [1.165, 1.54) is 0 Å². The lowest BCUT2D eigenvalue weighted by atomic mass is 10.1. The first-order valence-corrected chi connectivity index (χ1v) is 14.1. The van der Waals surface area contributed by atoms with E-state index < -0.39 is 25.9 Å². The molecule has 10 nitrogen and oxygen atoms in total. The first-order chi connectivity index (χ1) is 18.0. The second-order valence-electron chi connectivity index (χ2n) is 10.0. The minimum Gasteiger partial charge on any atom is -0.377 e. The number of aromatic nitrogens is 3. The number of carbonyl (C=O) groups is 1. The standard InChI is InChI=1S/C27H34N6O4S/c1-18(2)38(35,36)27(4,5)22-16-24(33-14-15-37-17-19(33)3)32-25(30-22)20-9-11-21(12-10-20)29-26(34)31-23-8-6-7-13-28-23/h6-13,16,18-19H,14-15,17H2,1-5H3,(H2,28,29,31,34)/t19-/m0/s1. The normalized spacial score (nSPS) is 16.4. The lowest BCUT2D eigenvalue weighted by Gasteiger charge is -2.35. The molecule has 0 unspecified atom stereocenters. The van der Waals surface area contributed by atoms with Gasteiger partial charge >= 0.3 is 6.03 Å². The van der Waals surface area contributed by atoms with E-state index in [2.05, 4.69) is 20.5 Å². The van der Waals surface area contributed by atoms with Crippen LogP contribution in [0.2, 0.25) is 0 Å². The number of pyridine rings is 1. The molecule has 2 amide bonds. The van der Waals surface area contributed by atoms with E-state index >= 15 is 0 Å². The monoisotopic (exact) mass is 538 g/mol. The fourth-order valence-corrected chi connectivity index (χ4v) is 5.81. The summed E-state index contributed by atoms with van der Waals surface area (Å²) in [5, 5.41) is 4.88. The molecule has 0 spiro atoms. The summed E-state index contributed by atoms with van der Waals surface area (Å²) in [7, 11) is -3.53. The van der Waals surface area contributed by atoms with Crippen LogP contribution in [0.4, 0.5) is 22.1 Å². The number of sulfone groups is 1. The highest BCUT2D eigenvalue weighted by molar-refractivity contribution is 7.92. The largest absolute Gasteiger partial charge is 0.377 e. The molecule has 1 aromatic carbocycles. The number of nitrogens with zero attached hydrogens (tertiary/aromatic N) is 4. The Bertz CT molecular complexity index is 1380. The van der Waals surface area contributed by atoms with E-state index in [0.717, 1.165) is 0 Å². The summed E-state index contributed by atoms with van der Waals surface area (Å²) in [5.41, 5.74) is 1.70. The number of rotatable bonds is 7. The van der Waals surface area contributed by atoms with Crippen molar-refractivity contribution in [3.63, 3.8) is 0 Å². The van der Waals surface area contributed by atoms with Crippen molar-refractivity contribution in [2.45, 2.75) is 50.7 Å². The van der Waals surface area contributed by atoms with Crippen LogP contribution in [0, 0.1) is 0 Å². The van der Waals surface area contributed by atoms with Crippen molar-refractivity contribution >= 4 is 33.2 Å². The third-order valence-electron chi connectivity index (χ3n) is 6.63. The van der Waals surface area contributed by atoms with E-state index in [1.807, 2.05) is 6.92 Å². The van der Waals surface area contributed by atoms with Crippen LogP contribution in [-0.2, 0) is 19.3 Å². The highest BCUT2D eigenvalue weighted by atomic mass is 32.2. The summed E-state index contributed by atoms with van der Waals surface area (Å²) in [4.78, 5) is 28.1. The number of hydrogen-bond acceptors (Lipinski definition) is 8. The maximum Gasteiger partial charge on any atom is 0.324 e. The maximum atomic E-state index is 13.3. The average Bonchev–Trinajstić information content (AvgIpc) is 2.89. The number of benzene rings is 1. The highest BCUT2D eigenvalue weighted by Crippen LogP contribution is 2.35. The second kappa shape index (κ2) is 11.0. The molecular weight excluding hydrogens is 504 g/mol. The molecular formula is C27H34N6O4S. The molecule has 2 aromatic heterocycles. The lowest BCUT2D eigenvalue weighted by Crippen LogP contribution is -2.44. The van der Waals surface area contributed by atoms with E-state index in [0.29, 0.717) is 54.2 Å². The molecule has 0 bridgehead atoms. The Hall–Kier alpha value is -3.57. The van der Waals surface area contributed by atoms with Gasteiger partial charge in [0.2, 0.25) is 0 Å². The van der Waals surface area contributed by atoms with Gasteiger partial charge < -0.3 is 15.0 Å². The molecule has 0 saturated carbocycles. The first kappa shape index (κ1) is 27.5. The average molecular weight is 539 g/mol. The van der Waals surface area contributed by atoms with Gasteiger partial charge in [0.1, 0.15) is 16.4 Å². The zero-order valence-electron chi connectivity index (χ0n) is 22.3. The number of morpholine rings is 1. The summed E-state index contributed by atoms with van der Waals surface area (Å²) < 4.78 is 30.9. The maximum absolute atomic E-state index is 13.3. The topological polar surface area (TPSA) is 126 Å². The Morgan fingerprint density at radius 2 is 1.84 bits per heavy atom. The SMILES string of the molecule is CC(C)S(=O)(=O)C(C)(C)c1cc(N2CCOC[C@@H]2C)nc(-c2ccc(NC(=O)Nc3ccccn3)cc2)n1. The lowest BCUT2D eigenvalue weighted by molar-refractivity contribution is 0.0985. The van der Waals surface area contributed by atoms with Crippen LogP contribution >= 0.6 is 0 Å². The number of amides is 2. The number of carbonyl (C=O) groups excluding carboxylic acids is 1. The van der Waals surface area contributed by atoms with Crippen molar-refractivity contribution in [2.75, 3.05) is 35.3 Å². The summed E-state index contributed by atoms with van der Waals surface area (Å²) in [5.74, 6) is 1.51. The quantitative estimate of drug-likeness (QED) is 0.451. The van der Waals surface area contributed by atoms with Crippen LogP contribution in [-0.4, -0.2) is 60.5 Å². The predicted octanol–water partition coefficient (Wildman–Crippen LogP) is 4.47. The molecule has 1 saturated heterocycles. The van der Waals surface area contributed by atoms with E-state index in [4.69, 9.17) is 14.7 Å². The van der Waals surface area contributed by atoms with Gasteiger partial charge in [0.05, 0.1) is 30.2 Å². The molecule has 1 aliphatic rings. The molecule has 0 aliphatic carbocycles. The smallest absolute Gasteiger partial charge is 0.324 e. The van der Waals surface area contributed by atoms with Crippen LogP contribution in [0.5, 0.6) is 0 Å². The number of ether oxygens (including phenoxy) is 1. The number of urea groups is 1. The van der Waals surface area contributed by atoms with Crippen LogP contribution in [0.25, 0.3) is 11.4 Å². The predicted molar refractivity (Wildman–Crippen MR) is 149 cm³/mol. The van der Waals surface area contributed by atoms with E-state index in [9.17, 15) is 13.2 Å². The van der Waals surface area contributed by atoms with Crippen molar-refractivity contribution in [2.24, 2.45) is 0 Å². The van der Waals surface area contributed by atoms with Crippen LogP contribution in [0.15, 0.2) is 54.7 Å². The van der Waals surface area contributed by atoms with Gasteiger partial charge in [-0.05, 0) is 71.0 Å². The first-order valence-electron chi connectivity index (χ1n) is 12.6. The van der Waals surface area contributed by atoms with Gasteiger partial charge in [0.25, 0.3) is 0 Å². The van der Waals surface area contributed by atoms with Crippen molar-refractivity contribution < 1.29 is 17.9 Å². The van der Waals surface area contributed by atoms with Crippen LogP contribution in [0.3, 0.4) is 0 Å². The minimum atomic E-state index is -3.53. The molecule has 1 aliphatic heterocycles. The van der Waals surface area contributed by atoms with Crippen molar-refractivity contribution in [1.82, 2.24) is 15.0 Å². The zero-order valence-corrected chi connectivity index (χ0v) is 23.1. The number of nitrogens with one attached hydrogen (secondary N) is 2. The van der Waals surface area contributed by atoms with E-state index in [-0.39, 0.29) is 6.04 Å². The van der Waals surface area contributed by atoms with Crippen LogP contribution < -0.4 is 15.5 Å². The molecule has 38 heavy (non-hydrogen) atoms. The Kier molecular flexibility index (Phi) is 7.98. The Morgan fingerprint density at radius 1 is 1.11 bits per heavy atom. The summed E-state index contributed by atoms with van der Waals surface area (Å²) in [6, 6.07) is 13.8. The van der Waals surface area contributed by atoms with Gasteiger partial charge in [-0.25, -0.2) is 28.2 Å². The molecule has 11 heteroatoms. The molecule has 1 fully saturated rings. The van der Waals surface area contributed by atoms with Crippen molar-refractivity contribution in [1.29, 1.82) is 0 Å². The summed E-state index contributed by atoms with van der Waals surface area (Å²) in [6.07, 6.45) is 1.60. The summed E-state index contributed by atoms with van der Waals surface area (Å²) in [6.45, 7) is 10.6. The number of anilines is 3. The third-order valence-corrected chi connectivity index (χ3v) is 9.50. The zero-order chi connectivity index (χ0) is 27.5. The molecule has 1 atom stereocenters.